The van der Waals surface area contributed by atoms with E-state index in [9.17, 15) is 9.59 Å². The highest BCUT2D eigenvalue weighted by Crippen LogP contribution is 2.15. The fourth-order valence-electron chi connectivity index (χ4n) is 1.69. The van der Waals surface area contributed by atoms with Crippen LogP contribution in [-0.4, -0.2) is 12.1 Å². The smallest absolute Gasteiger partial charge is 0.411 e. The summed E-state index contributed by atoms with van der Waals surface area (Å²) in [5.74, 6) is 0. The predicted octanol–water partition coefficient (Wildman–Crippen LogP) is 2.93. The van der Waals surface area contributed by atoms with E-state index in [1.54, 1.807) is 24.3 Å². The van der Waals surface area contributed by atoms with Crippen molar-refractivity contribution in [2.24, 2.45) is 5.73 Å². The number of anilines is 2. The van der Waals surface area contributed by atoms with Crippen LogP contribution in [-0.2, 0) is 11.3 Å². The zero-order valence-electron chi connectivity index (χ0n) is 11.2. The molecule has 2 aromatic carbocycles. The molecule has 6 nitrogen and oxygen atoms in total. The number of primary amides is 1. The van der Waals surface area contributed by atoms with Gasteiger partial charge in [-0.2, -0.15) is 0 Å². The van der Waals surface area contributed by atoms with E-state index in [1.807, 2.05) is 30.3 Å². The summed E-state index contributed by atoms with van der Waals surface area (Å²) in [6, 6.07) is 15.3. The highest BCUT2D eigenvalue weighted by molar-refractivity contribution is 5.90. The number of hydrogen-bond donors (Lipinski definition) is 3. The third kappa shape index (κ3) is 4.87. The van der Waals surface area contributed by atoms with Crippen molar-refractivity contribution in [3.8, 4) is 0 Å². The molecule has 108 valence electrons. The maximum Gasteiger partial charge on any atom is 0.411 e. The molecule has 2 aromatic rings. The molecule has 0 fully saturated rings. The minimum absolute atomic E-state index is 0.186. The molecule has 0 aliphatic rings. The first kappa shape index (κ1) is 14.4. The Morgan fingerprint density at radius 1 is 0.952 bits per heavy atom. The molecule has 21 heavy (non-hydrogen) atoms. The number of ether oxygens (including phenoxy) is 1. The van der Waals surface area contributed by atoms with Crippen LogP contribution < -0.4 is 16.4 Å². The van der Waals surface area contributed by atoms with E-state index in [-0.39, 0.29) is 6.61 Å². The van der Waals surface area contributed by atoms with Gasteiger partial charge in [-0.3, -0.25) is 5.32 Å². The molecule has 0 aliphatic carbocycles. The number of hydrogen-bond acceptors (Lipinski definition) is 3. The minimum Gasteiger partial charge on any atom is -0.444 e. The van der Waals surface area contributed by atoms with Crippen molar-refractivity contribution < 1.29 is 14.3 Å². The molecule has 0 saturated heterocycles. The number of rotatable bonds is 4. The molecule has 2 rings (SSSR count). The van der Waals surface area contributed by atoms with Gasteiger partial charge in [0.25, 0.3) is 0 Å². The van der Waals surface area contributed by atoms with Crippen molar-refractivity contribution >= 4 is 23.5 Å². The number of carbonyl (C=O) groups is 2. The van der Waals surface area contributed by atoms with Crippen LogP contribution in [0, 0.1) is 0 Å². The lowest BCUT2D eigenvalue weighted by molar-refractivity contribution is 0.155. The quantitative estimate of drug-likeness (QED) is 0.806. The molecular formula is C15H15N3O3. The van der Waals surface area contributed by atoms with Crippen molar-refractivity contribution in [3.63, 3.8) is 0 Å². The van der Waals surface area contributed by atoms with Gasteiger partial charge in [-0.1, -0.05) is 36.4 Å². The van der Waals surface area contributed by atoms with E-state index in [0.29, 0.717) is 11.4 Å². The number of nitrogens with one attached hydrogen (secondary N) is 2. The largest absolute Gasteiger partial charge is 0.444 e. The van der Waals surface area contributed by atoms with Gasteiger partial charge < -0.3 is 15.8 Å². The molecule has 4 N–H and O–H groups in total. The summed E-state index contributed by atoms with van der Waals surface area (Å²) < 4.78 is 5.09. The summed E-state index contributed by atoms with van der Waals surface area (Å²) in [4.78, 5) is 22.4. The van der Waals surface area contributed by atoms with Crippen molar-refractivity contribution in [3.05, 3.63) is 60.2 Å². The fraction of sp³-hybridized carbons (Fsp3) is 0.0667. The van der Waals surface area contributed by atoms with Crippen LogP contribution in [0.25, 0.3) is 0 Å². The normalized spacial score (nSPS) is 9.71. The second kappa shape index (κ2) is 6.95. The summed E-state index contributed by atoms with van der Waals surface area (Å²) in [5, 5.41) is 5.00. The highest BCUT2D eigenvalue weighted by Gasteiger charge is 2.05. The van der Waals surface area contributed by atoms with Gasteiger partial charge in [-0.25, -0.2) is 9.59 Å². The van der Waals surface area contributed by atoms with Gasteiger partial charge in [0.15, 0.2) is 0 Å². The molecule has 0 atom stereocenters. The molecule has 6 heteroatoms. The summed E-state index contributed by atoms with van der Waals surface area (Å²) >= 11 is 0. The molecule has 0 heterocycles. The lowest BCUT2D eigenvalue weighted by atomic mass is 10.2. The molecule has 0 bridgehead atoms. The summed E-state index contributed by atoms with van der Waals surface area (Å²) in [7, 11) is 0. The monoisotopic (exact) mass is 285 g/mol. The topological polar surface area (TPSA) is 93.5 Å². The molecule has 0 aromatic heterocycles. The Balaban J connectivity index is 1.89. The predicted molar refractivity (Wildman–Crippen MR) is 79.9 cm³/mol. The van der Waals surface area contributed by atoms with Gasteiger partial charge in [-0.05, 0) is 23.8 Å². The number of nitrogens with two attached hydrogens (primary N) is 1. The van der Waals surface area contributed by atoms with Crippen molar-refractivity contribution in [1.29, 1.82) is 0 Å². The van der Waals surface area contributed by atoms with E-state index in [4.69, 9.17) is 10.5 Å². The van der Waals surface area contributed by atoms with Crippen LogP contribution in [0.2, 0.25) is 0 Å². The maximum absolute atomic E-state index is 11.7. The van der Waals surface area contributed by atoms with Gasteiger partial charge in [0.2, 0.25) is 0 Å². The number of amides is 3. The molecule has 0 saturated carbocycles. The zero-order chi connectivity index (χ0) is 15.1. The van der Waals surface area contributed by atoms with Crippen LogP contribution in [0.15, 0.2) is 54.6 Å². The number of benzene rings is 2. The summed E-state index contributed by atoms with van der Waals surface area (Å²) in [6.45, 7) is 0.186. The zero-order valence-corrected chi connectivity index (χ0v) is 11.2. The van der Waals surface area contributed by atoms with Crippen LogP contribution in [0.4, 0.5) is 21.0 Å². The van der Waals surface area contributed by atoms with Crippen LogP contribution in [0.1, 0.15) is 5.56 Å². The molecule has 0 aliphatic heterocycles. The first-order chi connectivity index (χ1) is 10.1. The van der Waals surface area contributed by atoms with Crippen LogP contribution in [0.3, 0.4) is 0 Å². The summed E-state index contributed by atoms with van der Waals surface area (Å²) in [6.07, 6.45) is -0.574. The second-order valence-corrected chi connectivity index (χ2v) is 4.26. The molecule has 3 amide bonds. The summed E-state index contributed by atoms with van der Waals surface area (Å²) in [5.41, 5.74) is 6.91. The van der Waals surface area contributed by atoms with E-state index < -0.39 is 12.1 Å². The van der Waals surface area contributed by atoms with Crippen molar-refractivity contribution in [2.75, 3.05) is 10.6 Å². The standard InChI is InChI=1S/C15H15N3O3/c16-14(19)17-12-7-4-8-13(9-12)18-15(20)21-10-11-5-2-1-3-6-11/h1-9H,10H2,(H,18,20)(H3,16,17,19). The number of urea groups is 1. The molecule has 0 unspecified atom stereocenters. The van der Waals surface area contributed by atoms with E-state index >= 15 is 0 Å². The molecule has 0 radical (unpaired) electrons. The van der Waals surface area contributed by atoms with Crippen molar-refractivity contribution in [1.82, 2.24) is 0 Å². The van der Waals surface area contributed by atoms with E-state index in [1.165, 1.54) is 0 Å². The van der Waals surface area contributed by atoms with Gasteiger partial charge >= 0.3 is 12.1 Å². The molecule has 0 spiro atoms. The lowest BCUT2D eigenvalue weighted by Gasteiger charge is -2.08. The van der Waals surface area contributed by atoms with Crippen LogP contribution >= 0.6 is 0 Å². The average Bonchev–Trinajstić information content (AvgIpc) is 2.46. The Hall–Kier alpha value is -3.02. The SMILES string of the molecule is NC(=O)Nc1cccc(NC(=O)OCc2ccccc2)c1. The van der Waals surface area contributed by atoms with Gasteiger partial charge in [0.1, 0.15) is 6.61 Å². The fourth-order valence-corrected chi connectivity index (χ4v) is 1.69. The van der Waals surface area contributed by atoms with Gasteiger partial charge in [-0.15, -0.1) is 0 Å². The third-order valence-electron chi connectivity index (χ3n) is 2.59. The van der Waals surface area contributed by atoms with E-state index in [0.717, 1.165) is 5.56 Å². The van der Waals surface area contributed by atoms with Crippen molar-refractivity contribution in [2.45, 2.75) is 6.61 Å². The van der Waals surface area contributed by atoms with Gasteiger partial charge in [0, 0.05) is 11.4 Å². The van der Waals surface area contributed by atoms with Gasteiger partial charge in [0.05, 0.1) is 0 Å². The minimum atomic E-state index is -0.668. The second-order valence-electron chi connectivity index (χ2n) is 4.26. The maximum atomic E-state index is 11.7. The van der Waals surface area contributed by atoms with Crippen LogP contribution in [0.5, 0.6) is 0 Å². The van der Waals surface area contributed by atoms with E-state index in [2.05, 4.69) is 10.6 Å². The lowest BCUT2D eigenvalue weighted by Crippen LogP contribution is -2.19. The third-order valence-corrected chi connectivity index (χ3v) is 2.59. The first-order valence-electron chi connectivity index (χ1n) is 6.28. The number of carbonyl (C=O) groups excluding carboxylic acids is 2. The Morgan fingerprint density at radius 2 is 1.62 bits per heavy atom. The Kier molecular flexibility index (Phi) is 4.76. The highest BCUT2D eigenvalue weighted by atomic mass is 16.5. The molecular weight excluding hydrogens is 270 g/mol. The Labute approximate surface area is 121 Å². The average molecular weight is 285 g/mol. The Morgan fingerprint density at radius 3 is 2.29 bits per heavy atom. The Bertz CT molecular complexity index is 629. The first-order valence-corrected chi connectivity index (χ1v) is 6.28.